The first kappa shape index (κ1) is 15.0. The predicted molar refractivity (Wildman–Crippen MR) is 82.4 cm³/mol. The molecule has 0 aliphatic carbocycles. The Labute approximate surface area is 133 Å². The molecule has 1 amide bonds. The molecule has 0 radical (unpaired) electrons. The molecule has 1 aliphatic rings. The lowest BCUT2D eigenvalue weighted by Gasteiger charge is -2.33. The second-order valence-corrected chi connectivity index (χ2v) is 5.53. The van der Waals surface area contributed by atoms with Gasteiger partial charge in [-0.3, -0.25) is 4.79 Å². The van der Waals surface area contributed by atoms with Gasteiger partial charge in [0.2, 0.25) is 0 Å². The lowest BCUT2D eigenvalue weighted by atomic mass is 10.1. The maximum Gasteiger partial charge on any atom is 0.258 e. The van der Waals surface area contributed by atoms with Crippen LogP contribution < -0.4 is 0 Å². The number of hydrogen-bond donors (Lipinski definition) is 0. The van der Waals surface area contributed by atoms with Crippen LogP contribution in [-0.4, -0.2) is 30.5 Å². The SMILES string of the molecule is O=C(c1c(F)cccc1Cl)N1CCOC(c2ccccc2)C1. The Bertz CT molecular complexity index is 657. The number of amides is 1. The van der Waals surface area contributed by atoms with Crippen molar-refractivity contribution in [1.29, 1.82) is 0 Å². The molecule has 1 atom stereocenters. The number of rotatable bonds is 2. The van der Waals surface area contributed by atoms with Crippen LogP contribution in [0.3, 0.4) is 0 Å². The molecule has 1 fully saturated rings. The Morgan fingerprint density at radius 2 is 1.95 bits per heavy atom. The highest BCUT2D eigenvalue weighted by atomic mass is 35.5. The van der Waals surface area contributed by atoms with Crippen LogP contribution in [0.2, 0.25) is 5.02 Å². The molecule has 5 heteroatoms. The quantitative estimate of drug-likeness (QED) is 0.845. The molecule has 0 spiro atoms. The van der Waals surface area contributed by atoms with Crippen LogP contribution in [0.5, 0.6) is 0 Å². The van der Waals surface area contributed by atoms with E-state index in [4.69, 9.17) is 16.3 Å². The number of nitrogens with zero attached hydrogens (tertiary/aromatic N) is 1. The third kappa shape index (κ3) is 2.98. The predicted octanol–water partition coefficient (Wildman–Crippen LogP) is 3.69. The summed E-state index contributed by atoms with van der Waals surface area (Å²) in [6.07, 6.45) is -0.204. The molecule has 0 bridgehead atoms. The highest BCUT2D eigenvalue weighted by Crippen LogP contribution is 2.26. The molecule has 22 heavy (non-hydrogen) atoms. The molecule has 1 unspecified atom stereocenters. The molecule has 0 N–H and O–H groups in total. The second-order valence-electron chi connectivity index (χ2n) is 5.12. The Morgan fingerprint density at radius 3 is 2.68 bits per heavy atom. The number of carbonyl (C=O) groups is 1. The zero-order valence-corrected chi connectivity index (χ0v) is 12.6. The van der Waals surface area contributed by atoms with Gasteiger partial charge in [-0.25, -0.2) is 4.39 Å². The third-order valence-corrected chi connectivity index (χ3v) is 4.02. The smallest absolute Gasteiger partial charge is 0.258 e. The van der Waals surface area contributed by atoms with Gasteiger partial charge >= 0.3 is 0 Å². The van der Waals surface area contributed by atoms with Crippen molar-refractivity contribution in [2.75, 3.05) is 19.7 Å². The Hall–Kier alpha value is -1.91. The minimum atomic E-state index is -0.597. The normalized spacial score (nSPS) is 18.3. The number of morpholine rings is 1. The van der Waals surface area contributed by atoms with Gasteiger partial charge in [-0.2, -0.15) is 0 Å². The average Bonchev–Trinajstić information content (AvgIpc) is 2.55. The zero-order valence-electron chi connectivity index (χ0n) is 11.8. The van der Waals surface area contributed by atoms with Crippen LogP contribution in [-0.2, 0) is 4.74 Å². The molecule has 2 aromatic rings. The third-order valence-electron chi connectivity index (χ3n) is 3.70. The minimum absolute atomic E-state index is 0.0714. The van der Waals surface area contributed by atoms with Crippen LogP contribution >= 0.6 is 11.6 Å². The fourth-order valence-electron chi connectivity index (χ4n) is 2.56. The largest absolute Gasteiger partial charge is 0.370 e. The fraction of sp³-hybridized carbons (Fsp3) is 0.235. The summed E-state index contributed by atoms with van der Waals surface area (Å²) in [7, 11) is 0. The van der Waals surface area contributed by atoms with E-state index in [1.54, 1.807) is 4.90 Å². The van der Waals surface area contributed by atoms with Crippen molar-refractivity contribution in [3.63, 3.8) is 0 Å². The molecular weight excluding hydrogens is 305 g/mol. The van der Waals surface area contributed by atoms with E-state index < -0.39 is 11.7 Å². The standard InChI is InChI=1S/C17H15ClFNO2/c18-13-7-4-8-14(19)16(13)17(21)20-9-10-22-15(11-20)12-5-2-1-3-6-12/h1-8,15H,9-11H2. The van der Waals surface area contributed by atoms with Gasteiger partial charge < -0.3 is 9.64 Å². The number of halogens is 2. The molecular formula is C17H15ClFNO2. The van der Waals surface area contributed by atoms with Gasteiger partial charge in [-0.15, -0.1) is 0 Å². The van der Waals surface area contributed by atoms with Crippen molar-refractivity contribution in [3.05, 3.63) is 70.5 Å². The Balaban J connectivity index is 1.82. The molecule has 0 aromatic heterocycles. The molecule has 1 saturated heterocycles. The summed E-state index contributed by atoms with van der Waals surface area (Å²) in [5.74, 6) is -0.993. The van der Waals surface area contributed by atoms with Crippen molar-refractivity contribution in [3.8, 4) is 0 Å². The molecule has 114 valence electrons. The van der Waals surface area contributed by atoms with Crippen molar-refractivity contribution in [2.24, 2.45) is 0 Å². The molecule has 3 rings (SSSR count). The summed E-state index contributed by atoms with van der Waals surface area (Å²) in [6.45, 7) is 1.22. The molecule has 3 nitrogen and oxygen atoms in total. The van der Waals surface area contributed by atoms with E-state index in [9.17, 15) is 9.18 Å². The summed E-state index contributed by atoms with van der Waals surface area (Å²) >= 11 is 5.98. The van der Waals surface area contributed by atoms with Gasteiger partial charge in [-0.05, 0) is 17.7 Å². The average molecular weight is 320 g/mol. The highest BCUT2D eigenvalue weighted by Gasteiger charge is 2.28. The van der Waals surface area contributed by atoms with Crippen LogP contribution in [0.15, 0.2) is 48.5 Å². The lowest BCUT2D eigenvalue weighted by Crippen LogP contribution is -2.42. The van der Waals surface area contributed by atoms with Gasteiger partial charge in [0.25, 0.3) is 5.91 Å². The topological polar surface area (TPSA) is 29.5 Å². The summed E-state index contributed by atoms with van der Waals surface area (Å²) in [5.41, 5.74) is 0.928. The fourth-order valence-corrected chi connectivity index (χ4v) is 2.81. The molecule has 1 aliphatic heterocycles. The summed E-state index contributed by atoms with van der Waals surface area (Å²) < 4.78 is 19.6. The first-order valence-corrected chi connectivity index (χ1v) is 7.44. The van der Waals surface area contributed by atoms with Gasteiger partial charge in [0.05, 0.1) is 23.7 Å². The van der Waals surface area contributed by atoms with Crippen molar-refractivity contribution in [2.45, 2.75) is 6.10 Å². The van der Waals surface area contributed by atoms with Gasteiger partial charge in [0, 0.05) is 6.54 Å². The Kier molecular flexibility index (Phi) is 4.41. The van der Waals surface area contributed by atoms with Crippen LogP contribution in [0, 0.1) is 5.82 Å². The number of benzene rings is 2. The van der Waals surface area contributed by atoms with E-state index in [1.165, 1.54) is 18.2 Å². The molecule has 2 aromatic carbocycles. The van der Waals surface area contributed by atoms with E-state index in [0.717, 1.165) is 5.56 Å². The first-order chi connectivity index (χ1) is 10.7. The van der Waals surface area contributed by atoms with Gasteiger partial charge in [0.15, 0.2) is 0 Å². The minimum Gasteiger partial charge on any atom is -0.370 e. The van der Waals surface area contributed by atoms with Crippen LogP contribution in [0.1, 0.15) is 22.0 Å². The van der Waals surface area contributed by atoms with E-state index in [-0.39, 0.29) is 16.7 Å². The van der Waals surface area contributed by atoms with Crippen molar-refractivity contribution >= 4 is 17.5 Å². The summed E-state index contributed by atoms with van der Waals surface area (Å²) in [6, 6.07) is 13.9. The van der Waals surface area contributed by atoms with Crippen LogP contribution in [0.4, 0.5) is 4.39 Å². The van der Waals surface area contributed by atoms with E-state index in [2.05, 4.69) is 0 Å². The van der Waals surface area contributed by atoms with E-state index in [1.807, 2.05) is 30.3 Å². The molecule has 0 saturated carbocycles. The number of hydrogen-bond acceptors (Lipinski definition) is 2. The summed E-state index contributed by atoms with van der Waals surface area (Å²) in [4.78, 5) is 14.2. The van der Waals surface area contributed by atoms with E-state index in [0.29, 0.717) is 19.7 Å². The van der Waals surface area contributed by atoms with Gasteiger partial charge in [-0.1, -0.05) is 48.0 Å². The lowest BCUT2D eigenvalue weighted by molar-refractivity contribution is -0.0229. The van der Waals surface area contributed by atoms with Crippen molar-refractivity contribution in [1.82, 2.24) is 4.90 Å². The monoisotopic (exact) mass is 319 g/mol. The zero-order chi connectivity index (χ0) is 15.5. The Morgan fingerprint density at radius 1 is 1.18 bits per heavy atom. The van der Waals surface area contributed by atoms with E-state index >= 15 is 0 Å². The maximum atomic E-state index is 13.9. The summed E-state index contributed by atoms with van der Waals surface area (Å²) in [5, 5.41) is 0.132. The number of carbonyl (C=O) groups excluding carboxylic acids is 1. The van der Waals surface area contributed by atoms with Crippen LogP contribution in [0.25, 0.3) is 0 Å². The van der Waals surface area contributed by atoms with Crippen molar-refractivity contribution < 1.29 is 13.9 Å². The first-order valence-electron chi connectivity index (χ1n) is 7.06. The maximum absolute atomic E-state index is 13.9. The van der Waals surface area contributed by atoms with Gasteiger partial charge in [0.1, 0.15) is 11.9 Å². The highest BCUT2D eigenvalue weighted by molar-refractivity contribution is 6.33. The second kappa shape index (κ2) is 6.46. The number of ether oxygens (including phenoxy) is 1. The molecule has 1 heterocycles.